The van der Waals surface area contributed by atoms with Crippen LogP contribution in [0.4, 0.5) is 0 Å². The van der Waals surface area contributed by atoms with E-state index >= 15 is 0 Å². The van der Waals surface area contributed by atoms with E-state index in [-0.39, 0.29) is 17.9 Å². The molecule has 2 rings (SSSR count). The summed E-state index contributed by atoms with van der Waals surface area (Å²) in [6.45, 7) is 6.25. The van der Waals surface area contributed by atoms with Crippen molar-refractivity contribution < 1.29 is 9.59 Å². The zero-order chi connectivity index (χ0) is 15.4. The fourth-order valence-electron chi connectivity index (χ4n) is 2.71. The number of aromatic nitrogens is 1. The van der Waals surface area contributed by atoms with Gasteiger partial charge in [0.05, 0.1) is 12.2 Å². The number of aryl methyl sites for hydroxylation is 1. The molecule has 1 saturated heterocycles. The molecule has 1 aromatic heterocycles. The molecule has 0 radical (unpaired) electrons. The van der Waals surface area contributed by atoms with Crippen molar-refractivity contribution in [2.24, 2.45) is 0 Å². The third kappa shape index (κ3) is 3.40. The summed E-state index contributed by atoms with van der Waals surface area (Å²) in [6.07, 6.45) is 2.15. The molecule has 2 unspecified atom stereocenters. The summed E-state index contributed by atoms with van der Waals surface area (Å²) in [5, 5.41) is 2.83. The molecule has 1 aliphatic heterocycles. The molecule has 2 amide bonds. The zero-order valence-corrected chi connectivity index (χ0v) is 12.9. The fourth-order valence-corrected chi connectivity index (χ4v) is 2.71. The first-order chi connectivity index (χ1) is 10.1. The lowest BCUT2D eigenvalue weighted by Crippen LogP contribution is -2.62. The van der Waals surface area contributed by atoms with Gasteiger partial charge in [-0.05, 0) is 31.9 Å². The first-order valence-corrected chi connectivity index (χ1v) is 7.60. The molecule has 21 heavy (non-hydrogen) atoms. The van der Waals surface area contributed by atoms with E-state index in [9.17, 15) is 9.59 Å². The van der Waals surface area contributed by atoms with E-state index in [4.69, 9.17) is 0 Å². The van der Waals surface area contributed by atoms with E-state index in [1.54, 1.807) is 4.90 Å². The van der Waals surface area contributed by atoms with E-state index in [0.29, 0.717) is 19.4 Å². The van der Waals surface area contributed by atoms with E-state index in [2.05, 4.69) is 10.3 Å². The second kappa shape index (κ2) is 6.70. The predicted octanol–water partition coefficient (Wildman–Crippen LogP) is 1.80. The van der Waals surface area contributed by atoms with Gasteiger partial charge in [-0.15, -0.1) is 0 Å². The van der Waals surface area contributed by atoms with Crippen molar-refractivity contribution in [3.05, 3.63) is 29.6 Å². The molecule has 2 heterocycles. The van der Waals surface area contributed by atoms with Crippen LogP contribution in [-0.4, -0.2) is 33.8 Å². The van der Waals surface area contributed by atoms with Crippen molar-refractivity contribution in [1.82, 2.24) is 15.2 Å². The van der Waals surface area contributed by atoms with E-state index in [1.807, 2.05) is 39.0 Å². The first-order valence-electron chi connectivity index (χ1n) is 7.60. The highest BCUT2D eigenvalue weighted by Crippen LogP contribution is 2.19. The molecule has 5 nitrogen and oxygen atoms in total. The van der Waals surface area contributed by atoms with Gasteiger partial charge >= 0.3 is 0 Å². The number of pyridine rings is 1. The minimum absolute atomic E-state index is 0.00106. The van der Waals surface area contributed by atoms with Crippen LogP contribution >= 0.6 is 0 Å². The van der Waals surface area contributed by atoms with E-state index < -0.39 is 6.04 Å². The molecule has 0 aliphatic carbocycles. The fraction of sp³-hybridized carbons (Fsp3) is 0.562. The summed E-state index contributed by atoms with van der Waals surface area (Å²) in [6, 6.07) is 4.96. The van der Waals surface area contributed by atoms with Gasteiger partial charge in [-0.2, -0.15) is 0 Å². The van der Waals surface area contributed by atoms with Crippen LogP contribution in [-0.2, 0) is 16.1 Å². The van der Waals surface area contributed by atoms with Crippen LogP contribution in [0.25, 0.3) is 0 Å². The molecule has 0 bridgehead atoms. The Morgan fingerprint density at radius 1 is 1.29 bits per heavy atom. The molecule has 0 saturated carbocycles. The van der Waals surface area contributed by atoms with Crippen LogP contribution < -0.4 is 5.32 Å². The highest BCUT2D eigenvalue weighted by Gasteiger charge is 2.39. The number of piperazine rings is 1. The van der Waals surface area contributed by atoms with Crippen molar-refractivity contribution in [3.8, 4) is 0 Å². The number of carbonyl (C=O) groups excluding carboxylic acids is 2. The van der Waals surface area contributed by atoms with Crippen LogP contribution in [0.15, 0.2) is 18.2 Å². The number of nitrogens with one attached hydrogen (secondary N) is 1. The number of hydrogen-bond acceptors (Lipinski definition) is 3. The van der Waals surface area contributed by atoms with E-state index in [0.717, 1.165) is 17.8 Å². The Bertz CT molecular complexity index is 530. The monoisotopic (exact) mass is 289 g/mol. The van der Waals surface area contributed by atoms with Gasteiger partial charge < -0.3 is 10.2 Å². The molecule has 0 aromatic carbocycles. The van der Waals surface area contributed by atoms with Crippen molar-refractivity contribution in [3.63, 3.8) is 0 Å². The summed E-state index contributed by atoms with van der Waals surface area (Å²) < 4.78 is 0. The molecule has 5 heteroatoms. The highest BCUT2D eigenvalue weighted by molar-refractivity contribution is 5.96. The minimum atomic E-state index is -0.407. The Balaban J connectivity index is 2.25. The minimum Gasteiger partial charge on any atom is -0.343 e. The van der Waals surface area contributed by atoms with Crippen LogP contribution in [0.3, 0.4) is 0 Å². The van der Waals surface area contributed by atoms with Gasteiger partial charge in [0.1, 0.15) is 12.1 Å². The summed E-state index contributed by atoms with van der Waals surface area (Å²) >= 11 is 0. The maximum atomic E-state index is 12.6. The molecule has 114 valence electrons. The van der Waals surface area contributed by atoms with Gasteiger partial charge in [0.2, 0.25) is 11.8 Å². The molecular weight excluding hydrogens is 266 g/mol. The molecule has 2 atom stereocenters. The van der Waals surface area contributed by atoms with Gasteiger partial charge in [-0.3, -0.25) is 14.6 Å². The molecule has 1 aliphatic rings. The summed E-state index contributed by atoms with van der Waals surface area (Å²) in [7, 11) is 0. The number of amides is 2. The van der Waals surface area contributed by atoms with E-state index in [1.165, 1.54) is 0 Å². The largest absolute Gasteiger partial charge is 0.343 e. The van der Waals surface area contributed by atoms with Crippen LogP contribution in [0, 0.1) is 6.92 Å². The lowest BCUT2D eigenvalue weighted by Gasteiger charge is -2.38. The number of nitrogens with zero attached hydrogens (tertiary/aromatic N) is 2. The third-order valence-corrected chi connectivity index (χ3v) is 3.83. The van der Waals surface area contributed by atoms with Gasteiger partial charge in [0.15, 0.2) is 0 Å². The average molecular weight is 289 g/mol. The Labute approximate surface area is 125 Å². The van der Waals surface area contributed by atoms with Gasteiger partial charge in [0.25, 0.3) is 0 Å². The van der Waals surface area contributed by atoms with Crippen molar-refractivity contribution in [1.29, 1.82) is 0 Å². The van der Waals surface area contributed by atoms with Crippen molar-refractivity contribution in [2.45, 2.75) is 58.7 Å². The van der Waals surface area contributed by atoms with Crippen molar-refractivity contribution >= 4 is 11.8 Å². The summed E-state index contributed by atoms with van der Waals surface area (Å²) in [5.41, 5.74) is 1.74. The normalized spacial score (nSPS) is 22.3. The topological polar surface area (TPSA) is 62.3 Å². The molecule has 0 spiro atoms. The Morgan fingerprint density at radius 3 is 2.67 bits per heavy atom. The lowest BCUT2D eigenvalue weighted by atomic mass is 10.0. The Kier molecular flexibility index (Phi) is 4.94. The highest BCUT2D eigenvalue weighted by atomic mass is 16.2. The summed E-state index contributed by atoms with van der Waals surface area (Å²) in [5.74, 6) is -0.0465. The zero-order valence-electron chi connectivity index (χ0n) is 12.9. The smallest absolute Gasteiger partial charge is 0.246 e. The first kappa shape index (κ1) is 15.5. The number of hydrogen-bond donors (Lipinski definition) is 1. The quantitative estimate of drug-likeness (QED) is 0.899. The van der Waals surface area contributed by atoms with Gasteiger partial charge in [-0.1, -0.05) is 26.3 Å². The number of rotatable bonds is 5. The number of carbonyl (C=O) groups is 2. The third-order valence-electron chi connectivity index (χ3n) is 3.83. The van der Waals surface area contributed by atoms with Crippen LogP contribution in [0.2, 0.25) is 0 Å². The second-order valence-corrected chi connectivity index (χ2v) is 5.51. The molecule has 1 aromatic rings. The van der Waals surface area contributed by atoms with Gasteiger partial charge in [-0.25, -0.2) is 0 Å². The maximum absolute atomic E-state index is 12.6. The van der Waals surface area contributed by atoms with Crippen LogP contribution in [0.1, 0.15) is 44.5 Å². The van der Waals surface area contributed by atoms with Crippen molar-refractivity contribution in [2.75, 3.05) is 0 Å². The lowest BCUT2D eigenvalue weighted by molar-refractivity contribution is -0.150. The molecule has 1 fully saturated rings. The average Bonchev–Trinajstić information content (AvgIpc) is 2.46. The molecule has 1 N–H and O–H groups in total. The maximum Gasteiger partial charge on any atom is 0.246 e. The van der Waals surface area contributed by atoms with Gasteiger partial charge in [0, 0.05) is 5.69 Å². The Morgan fingerprint density at radius 2 is 2.05 bits per heavy atom. The molecular formula is C16H23N3O2. The summed E-state index contributed by atoms with van der Waals surface area (Å²) in [4.78, 5) is 30.9. The predicted molar refractivity (Wildman–Crippen MR) is 80.4 cm³/mol. The SMILES string of the molecule is CCCC1C(=O)NC(CC)C(=O)N1Cc1cccc(C)n1. The second-order valence-electron chi connectivity index (χ2n) is 5.51. The Hall–Kier alpha value is -1.91. The standard InChI is InChI=1S/C16H23N3O2/c1-4-7-14-15(20)18-13(5-2)16(21)19(14)10-12-9-6-8-11(3)17-12/h6,8-9,13-14H,4-5,7,10H2,1-3H3,(H,18,20). The van der Waals surface area contributed by atoms with Crippen LogP contribution in [0.5, 0.6) is 0 Å².